The van der Waals surface area contributed by atoms with E-state index < -0.39 is 12.3 Å². The largest absolute Gasteiger partial charge is 0.573 e. The lowest BCUT2D eigenvalue weighted by atomic mass is 10.1. The van der Waals surface area contributed by atoms with Crippen molar-refractivity contribution in [3.05, 3.63) is 42.0 Å². The van der Waals surface area contributed by atoms with E-state index in [0.717, 1.165) is 5.56 Å². The Labute approximate surface area is 108 Å². The van der Waals surface area contributed by atoms with E-state index in [1.807, 2.05) is 0 Å². The van der Waals surface area contributed by atoms with E-state index in [-0.39, 0.29) is 5.75 Å². The molecule has 3 nitrogen and oxygen atoms in total. The summed E-state index contributed by atoms with van der Waals surface area (Å²) < 4.78 is 44.2. The van der Waals surface area contributed by atoms with Crippen molar-refractivity contribution >= 4 is 5.97 Å². The van der Waals surface area contributed by atoms with Gasteiger partial charge in [-0.1, -0.05) is 18.2 Å². The highest BCUT2D eigenvalue weighted by molar-refractivity contribution is 5.81. The molecule has 1 aromatic carbocycles. The molecule has 0 spiro atoms. The summed E-state index contributed by atoms with van der Waals surface area (Å²) in [6, 6.07) is 5.44. The van der Waals surface area contributed by atoms with Gasteiger partial charge in [0.2, 0.25) is 0 Å². The van der Waals surface area contributed by atoms with Crippen LogP contribution in [0.3, 0.4) is 0 Å². The third-order valence-corrected chi connectivity index (χ3v) is 2.05. The summed E-state index contributed by atoms with van der Waals surface area (Å²) in [5.74, 6) is -0.717. The zero-order valence-electron chi connectivity index (χ0n) is 10.2. The zero-order valence-corrected chi connectivity index (χ0v) is 10.2. The second kappa shape index (κ2) is 6.82. The molecule has 0 heterocycles. The predicted molar refractivity (Wildman–Crippen MR) is 62.6 cm³/mol. The number of rotatable bonds is 5. The number of carbonyl (C=O) groups excluding carboxylic acids is 1. The van der Waals surface area contributed by atoms with Crippen molar-refractivity contribution in [2.45, 2.75) is 19.7 Å². The van der Waals surface area contributed by atoms with Crippen LogP contribution in [0.2, 0.25) is 0 Å². The average molecular weight is 274 g/mol. The van der Waals surface area contributed by atoms with Gasteiger partial charge >= 0.3 is 12.3 Å². The first kappa shape index (κ1) is 15.1. The van der Waals surface area contributed by atoms with Crippen molar-refractivity contribution < 1.29 is 27.4 Å². The van der Waals surface area contributed by atoms with Crippen LogP contribution >= 0.6 is 0 Å². The summed E-state index contributed by atoms with van der Waals surface area (Å²) in [4.78, 5) is 11.0. The van der Waals surface area contributed by atoms with Gasteiger partial charge in [0, 0.05) is 6.08 Å². The van der Waals surface area contributed by atoms with Crippen LogP contribution in [-0.2, 0) is 16.0 Å². The van der Waals surface area contributed by atoms with Gasteiger partial charge in [0.05, 0.1) is 6.61 Å². The van der Waals surface area contributed by atoms with E-state index in [9.17, 15) is 18.0 Å². The first-order valence-corrected chi connectivity index (χ1v) is 5.58. The number of alkyl halides is 3. The molecule has 0 aromatic heterocycles. The summed E-state index contributed by atoms with van der Waals surface area (Å²) >= 11 is 0. The fourth-order valence-corrected chi connectivity index (χ4v) is 1.31. The Morgan fingerprint density at radius 3 is 2.42 bits per heavy atom. The Morgan fingerprint density at radius 1 is 1.26 bits per heavy atom. The smallest absolute Gasteiger partial charge is 0.463 e. The highest BCUT2D eigenvalue weighted by Crippen LogP contribution is 2.22. The Morgan fingerprint density at radius 2 is 1.89 bits per heavy atom. The maximum absolute atomic E-state index is 11.9. The van der Waals surface area contributed by atoms with Crippen molar-refractivity contribution in [1.82, 2.24) is 0 Å². The Kier molecular flexibility index (Phi) is 5.41. The highest BCUT2D eigenvalue weighted by Gasteiger charge is 2.30. The minimum atomic E-state index is -4.69. The van der Waals surface area contributed by atoms with Crippen molar-refractivity contribution in [3.63, 3.8) is 0 Å². The molecule has 0 saturated carbocycles. The third kappa shape index (κ3) is 6.49. The molecule has 0 aliphatic carbocycles. The quantitative estimate of drug-likeness (QED) is 0.610. The minimum Gasteiger partial charge on any atom is -0.463 e. The summed E-state index contributed by atoms with van der Waals surface area (Å²) in [6.07, 6.45) is -1.41. The molecular formula is C13H13F3O3. The topological polar surface area (TPSA) is 35.5 Å². The van der Waals surface area contributed by atoms with Gasteiger partial charge in [-0.2, -0.15) is 0 Å². The van der Waals surface area contributed by atoms with Gasteiger partial charge in [-0.25, -0.2) is 4.79 Å². The molecule has 19 heavy (non-hydrogen) atoms. The maximum Gasteiger partial charge on any atom is 0.573 e. The second-order valence-corrected chi connectivity index (χ2v) is 3.55. The van der Waals surface area contributed by atoms with Crippen LogP contribution in [0.1, 0.15) is 12.5 Å². The molecule has 0 bridgehead atoms. The van der Waals surface area contributed by atoms with E-state index in [0.29, 0.717) is 13.0 Å². The Balaban J connectivity index is 2.51. The van der Waals surface area contributed by atoms with Gasteiger partial charge in [-0.05, 0) is 31.0 Å². The van der Waals surface area contributed by atoms with Gasteiger partial charge in [0.25, 0.3) is 0 Å². The Hall–Kier alpha value is -1.98. The van der Waals surface area contributed by atoms with Crippen LogP contribution in [0, 0.1) is 0 Å². The van der Waals surface area contributed by atoms with Crippen LogP contribution in [-0.4, -0.2) is 18.9 Å². The molecule has 0 saturated heterocycles. The molecular weight excluding hydrogens is 261 g/mol. The van der Waals surface area contributed by atoms with Crippen molar-refractivity contribution in [1.29, 1.82) is 0 Å². The molecule has 0 amide bonds. The van der Waals surface area contributed by atoms with Crippen LogP contribution in [0.25, 0.3) is 0 Å². The van der Waals surface area contributed by atoms with E-state index >= 15 is 0 Å². The standard InChI is InChI=1S/C13H13F3O3/c1-2-18-12(17)5-3-4-10-6-8-11(9-7-10)19-13(14,15)16/h3,5-9H,2,4H2,1H3. The monoisotopic (exact) mass is 274 g/mol. The van der Waals surface area contributed by atoms with Crippen molar-refractivity contribution in [2.75, 3.05) is 6.61 Å². The minimum absolute atomic E-state index is 0.273. The fourth-order valence-electron chi connectivity index (χ4n) is 1.31. The molecule has 104 valence electrons. The molecule has 0 N–H and O–H groups in total. The van der Waals surface area contributed by atoms with Crippen LogP contribution in [0.15, 0.2) is 36.4 Å². The highest BCUT2D eigenvalue weighted by atomic mass is 19.4. The van der Waals surface area contributed by atoms with Gasteiger partial charge in [0.15, 0.2) is 0 Å². The van der Waals surface area contributed by atoms with Crippen LogP contribution in [0.5, 0.6) is 5.75 Å². The van der Waals surface area contributed by atoms with E-state index in [1.165, 1.54) is 30.3 Å². The lowest BCUT2D eigenvalue weighted by Gasteiger charge is -2.08. The number of esters is 1. The van der Waals surface area contributed by atoms with E-state index in [4.69, 9.17) is 0 Å². The molecule has 0 radical (unpaired) electrons. The average Bonchev–Trinajstić information content (AvgIpc) is 2.30. The van der Waals surface area contributed by atoms with Gasteiger partial charge in [0.1, 0.15) is 5.75 Å². The molecule has 0 atom stereocenters. The Bertz CT molecular complexity index is 435. The van der Waals surface area contributed by atoms with Crippen molar-refractivity contribution in [2.24, 2.45) is 0 Å². The van der Waals surface area contributed by atoms with Gasteiger partial charge < -0.3 is 9.47 Å². The number of benzene rings is 1. The summed E-state index contributed by atoms with van der Waals surface area (Å²) in [5, 5.41) is 0. The lowest BCUT2D eigenvalue weighted by Crippen LogP contribution is -2.16. The molecule has 0 unspecified atom stereocenters. The second-order valence-electron chi connectivity index (χ2n) is 3.55. The number of allylic oxidation sites excluding steroid dienone is 1. The maximum atomic E-state index is 11.9. The lowest BCUT2D eigenvalue weighted by molar-refractivity contribution is -0.274. The summed E-state index contributed by atoms with van der Waals surface area (Å²) in [5.41, 5.74) is 0.759. The summed E-state index contributed by atoms with van der Waals surface area (Å²) in [6.45, 7) is 2.00. The van der Waals surface area contributed by atoms with Crippen LogP contribution < -0.4 is 4.74 Å². The third-order valence-electron chi connectivity index (χ3n) is 2.05. The molecule has 6 heteroatoms. The molecule has 1 rings (SSSR count). The van der Waals surface area contributed by atoms with Crippen LogP contribution in [0.4, 0.5) is 13.2 Å². The van der Waals surface area contributed by atoms with E-state index in [2.05, 4.69) is 9.47 Å². The van der Waals surface area contributed by atoms with Gasteiger partial charge in [-0.3, -0.25) is 0 Å². The zero-order chi connectivity index (χ0) is 14.3. The summed E-state index contributed by atoms with van der Waals surface area (Å²) in [7, 11) is 0. The number of ether oxygens (including phenoxy) is 2. The van der Waals surface area contributed by atoms with Crippen molar-refractivity contribution in [3.8, 4) is 5.75 Å². The number of hydrogen-bond acceptors (Lipinski definition) is 3. The first-order chi connectivity index (χ1) is 8.90. The molecule has 0 aliphatic rings. The SMILES string of the molecule is CCOC(=O)C=CCc1ccc(OC(F)(F)F)cc1. The van der Waals surface area contributed by atoms with Gasteiger partial charge in [-0.15, -0.1) is 13.2 Å². The number of carbonyl (C=O) groups is 1. The molecule has 0 fully saturated rings. The fraction of sp³-hybridized carbons (Fsp3) is 0.308. The van der Waals surface area contributed by atoms with E-state index in [1.54, 1.807) is 13.0 Å². The first-order valence-electron chi connectivity index (χ1n) is 5.58. The predicted octanol–water partition coefficient (Wildman–Crippen LogP) is 3.25. The molecule has 1 aromatic rings. The normalized spacial score (nSPS) is 11.6. The number of halogens is 3. The molecule has 0 aliphatic heterocycles. The number of hydrogen-bond donors (Lipinski definition) is 0.